The molecular weight excluding hydrogens is 428 g/mol. The van der Waals surface area contributed by atoms with Crippen molar-refractivity contribution < 1.29 is 9.59 Å². The number of likely N-dealkylation sites (N-methyl/N-ethyl adjacent to an activating group) is 1. The number of amides is 3. The van der Waals surface area contributed by atoms with E-state index in [4.69, 9.17) is 4.99 Å². The van der Waals surface area contributed by atoms with Crippen LogP contribution in [0.5, 0.6) is 0 Å². The number of rotatable bonds is 5. The highest BCUT2D eigenvalue weighted by Gasteiger charge is 2.49. The van der Waals surface area contributed by atoms with E-state index >= 15 is 0 Å². The Kier molecular flexibility index (Phi) is 6.24. The van der Waals surface area contributed by atoms with Crippen molar-refractivity contribution in [2.45, 2.75) is 32.1 Å². The third-order valence-corrected chi connectivity index (χ3v) is 7.00. The van der Waals surface area contributed by atoms with Gasteiger partial charge in [-0.2, -0.15) is 0 Å². The van der Waals surface area contributed by atoms with Gasteiger partial charge in [-0.3, -0.25) is 15.0 Å². The number of piperazine rings is 1. The van der Waals surface area contributed by atoms with Crippen LogP contribution in [-0.4, -0.2) is 89.5 Å². The van der Waals surface area contributed by atoms with E-state index in [-0.39, 0.29) is 11.9 Å². The maximum atomic E-state index is 12.9. The van der Waals surface area contributed by atoms with Gasteiger partial charge in [0.15, 0.2) is 18.2 Å². The van der Waals surface area contributed by atoms with E-state index in [0.717, 1.165) is 45.1 Å². The van der Waals surface area contributed by atoms with Gasteiger partial charge in [0.05, 0.1) is 0 Å². The molecule has 2 fully saturated rings. The summed E-state index contributed by atoms with van der Waals surface area (Å²) >= 11 is 0. The molecule has 5 rings (SSSR count). The van der Waals surface area contributed by atoms with Crippen LogP contribution in [0.25, 0.3) is 0 Å². The van der Waals surface area contributed by atoms with Crippen molar-refractivity contribution in [2.75, 3.05) is 39.8 Å². The Bertz CT molecular complexity index is 1060. The molecule has 178 valence electrons. The average molecular weight is 461 g/mol. The number of carbonyl (C=O) groups is 2. The van der Waals surface area contributed by atoms with Crippen molar-refractivity contribution in [1.82, 2.24) is 24.9 Å². The molecule has 2 aromatic carbocycles. The molecule has 2 saturated heterocycles. The Labute approximate surface area is 200 Å². The number of urea groups is 1. The lowest BCUT2D eigenvalue weighted by Crippen LogP contribution is -2.64. The molecule has 0 aromatic heterocycles. The second kappa shape index (κ2) is 9.46. The first-order chi connectivity index (χ1) is 16.5. The molecule has 2 atom stereocenters. The van der Waals surface area contributed by atoms with Gasteiger partial charge in [0.1, 0.15) is 0 Å². The van der Waals surface area contributed by atoms with Gasteiger partial charge in [0.2, 0.25) is 0 Å². The Morgan fingerprint density at radius 1 is 0.941 bits per heavy atom. The second-order valence-electron chi connectivity index (χ2n) is 9.37. The number of hydrogen-bond donors (Lipinski definition) is 1. The minimum absolute atomic E-state index is 0.266. The minimum Gasteiger partial charge on any atom is -0.340 e. The van der Waals surface area contributed by atoms with E-state index in [1.807, 2.05) is 18.2 Å². The lowest BCUT2D eigenvalue weighted by atomic mass is 10.1. The highest BCUT2D eigenvalue weighted by molar-refractivity contribution is 6.03. The predicted molar refractivity (Wildman–Crippen MR) is 131 cm³/mol. The molecule has 0 radical (unpaired) electrons. The summed E-state index contributed by atoms with van der Waals surface area (Å²) < 4.78 is 0. The van der Waals surface area contributed by atoms with Crippen molar-refractivity contribution in [3.05, 3.63) is 71.3 Å². The van der Waals surface area contributed by atoms with E-state index in [0.29, 0.717) is 6.54 Å². The Morgan fingerprint density at radius 3 is 2.35 bits per heavy atom. The van der Waals surface area contributed by atoms with Gasteiger partial charge in [-0.15, -0.1) is 0 Å². The first-order valence-corrected chi connectivity index (χ1v) is 12.0. The highest BCUT2D eigenvalue weighted by Crippen LogP contribution is 2.26. The summed E-state index contributed by atoms with van der Waals surface area (Å²) in [6.45, 7) is 7.24. The highest BCUT2D eigenvalue weighted by atomic mass is 16.2. The Balaban J connectivity index is 1.30. The molecule has 3 aliphatic rings. The number of nitrogens with one attached hydrogen (secondary N) is 1. The maximum absolute atomic E-state index is 12.9. The number of fused-ring (bicyclic) bond motifs is 1. The average Bonchev–Trinajstić information content (AvgIpc) is 3.24. The van der Waals surface area contributed by atoms with Crippen molar-refractivity contribution in [3.63, 3.8) is 0 Å². The zero-order valence-electron chi connectivity index (χ0n) is 19.9. The van der Waals surface area contributed by atoms with Crippen LogP contribution >= 0.6 is 0 Å². The molecule has 2 aromatic rings. The van der Waals surface area contributed by atoms with Gasteiger partial charge < -0.3 is 14.7 Å². The number of benzene rings is 2. The smallest absolute Gasteiger partial charge is 0.325 e. The standard InChI is InChI=1S/C26H32N6O2/c1-19-8-10-21(11-9-19)18-30-14-16-31(17-15-30)25-27-23-22(24(33)28-26(34)29(23)2)32(25)13-12-20-6-4-3-5-7-20/h3-11,22-23H,12-18H2,1-2H3,(H,28,33,34). The van der Waals surface area contributed by atoms with E-state index in [2.05, 4.69) is 63.3 Å². The van der Waals surface area contributed by atoms with Gasteiger partial charge in [-0.05, 0) is 24.5 Å². The van der Waals surface area contributed by atoms with E-state index in [9.17, 15) is 9.59 Å². The monoisotopic (exact) mass is 460 g/mol. The van der Waals surface area contributed by atoms with Gasteiger partial charge in [0, 0.05) is 46.3 Å². The SMILES string of the molecule is Cc1ccc(CN2CCN(C3=NC4C(C(=O)NC(=O)N4C)N3CCc3ccccc3)CC2)cc1. The summed E-state index contributed by atoms with van der Waals surface area (Å²) in [6, 6.07) is 18.1. The van der Waals surface area contributed by atoms with Gasteiger partial charge in [0.25, 0.3) is 5.91 Å². The fraction of sp³-hybridized carbons (Fsp3) is 0.423. The number of guanidine groups is 1. The molecule has 3 heterocycles. The van der Waals surface area contributed by atoms with Crippen LogP contribution in [-0.2, 0) is 17.8 Å². The largest absolute Gasteiger partial charge is 0.340 e. The summed E-state index contributed by atoms with van der Waals surface area (Å²) in [5.41, 5.74) is 3.82. The quantitative estimate of drug-likeness (QED) is 0.738. The Morgan fingerprint density at radius 2 is 1.65 bits per heavy atom. The molecule has 0 saturated carbocycles. The summed E-state index contributed by atoms with van der Waals surface area (Å²) in [5.74, 6) is 0.565. The first kappa shape index (κ1) is 22.4. The molecule has 2 unspecified atom stereocenters. The van der Waals surface area contributed by atoms with Gasteiger partial charge in [-0.1, -0.05) is 60.2 Å². The molecule has 34 heavy (non-hydrogen) atoms. The van der Waals surface area contributed by atoms with Crippen LogP contribution in [0.4, 0.5) is 4.79 Å². The third-order valence-electron chi connectivity index (χ3n) is 7.00. The molecule has 1 N–H and O–H groups in total. The van der Waals surface area contributed by atoms with Crippen LogP contribution in [0.3, 0.4) is 0 Å². The fourth-order valence-electron chi connectivity index (χ4n) is 4.97. The summed E-state index contributed by atoms with van der Waals surface area (Å²) in [7, 11) is 1.71. The number of carbonyl (C=O) groups excluding carboxylic acids is 2. The molecule has 8 heteroatoms. The summed E-state index contributed by atoms with van der Waals surface area (Å²) in [6.07, 6.45) is 0.319. The van der Waals surface area contributed by atoms with Crippen LogP contribution in [0.2, 0.25) is 0 Å². The van der Waals surface area contributed by atoms with Crippen molar-refractivity contribution >= 4 is 17.9 Å². The fourth-order valence-corrected chi connectivity index (χ4v) is 4.97. The molecule has 3 aliphatic heterocycles. The molecule has 3 amide bonds. The lowest BCUT2D eigenvalue weighted by molar-refractivity contribution is -0.127. The Hall–Kier alpha value is -3.39. The van der Waals surface area contributed by atoms with E-state index in [1.54, 1.807) is 11.9 Å². The van der Waals surface area contributed by atoms with Crippen molar-refractivity contribution in [1.29, 1.82) is 0 Å². The number of nitrogens with zero attached hydrogens (tertiary/aromatic N) is 5. The van der Waals surface area contributed by atoms with Gasteiger partial charge in [-0.25, -0.2) is 9.79 Å². The minimum atomic E-state index is -0.494. The summed E-state index contributed by atoms with van der Waals surface area (Å²) in [4.78, 5) is 38.4. The zero-order chi connectivity index (χ0) is 23.7. The first-order valence-electron chi connectivity index (χ1n) is 12.0. The number of aliphatic imine (C=N–C) groups is 1. The second-order valence-corrected chi connectivity index (χ2v) is 9.37. The van der Waals surface area contributed by atoms with E-state index in [1.165, 1.54) is 16.7 Å². The third kappa shape index (κ3) is 4.50. The molecule has 8 nitrogen and oxygen atoms in total. The predicted octanol–water partition coefficient (Wildman–Crippen LogP) is 1.90. The molecular formula is C26H32N6O2. The lowest BCUT2D eigenvalue weighted by Gasteiger charge is -2.40. The maximum Gasteiger partial charge on any atom is 0.325 e. The normalized spacial score (nSPS) is 23.1. The van der Waals surface area contributed by atoms with E-state index < -0.39 is 12.2 Å². The van der Waals surface area contributed by atoms with Crippen LogP contribution in [0.15, 0.2) is 59.6 Å². The van der Waals surface area contributed by atoms with Crippen LogP contribution in [0.1, 0.15) is 16.7 Å². The number of aryl methyl sites for hydroxylation is 1. The molecule has 0 aliphatic carbocycles. The topological polar surface area (TPSA) is 71.5 Å². The van der Waals surface area contributed by atoms with Crippen LogP contribution in [0, 0.1) is 6.92 Å². The number of imide groups is 1. The summed E-state index contributed by atoms with van der Waals surface area (Å²) in [5, 5.41) is 2.50. The zero-order valence-corrected chi connectivity index (χ0v) is 19.9. The molecule has 0 spiro atoms. The van der Waals surface area contributed by atoms with Gasteiger partial charge >= 0.3 is 6.03 Å². The molecule has 0 bridgehead atoms. The van der Waals surface area contributed by atoms with Crippen molar-refractivity contribution in [3.8, 4) is 0 Å². The van der Waals surface area contributed by atoms with Crippen LogP contribution < -0.4 is 5.32 Å². The number of hydrogen-bond acceptors (Lipinski definition) is 6. The van der Waals surface area contributed by atoms with Crippen molar-refractivity contribution in [2.24, 2.45) is 4.99 Å².